The molecule has 0 heterocycles. The molecular formula is C16H30N2. The van der Waals surface area contributed by atoms with E-state index in [0.29, 0.717) is 0 Å². The molecule has 0 saturated carbocycles. The van der Waals surface area contributed by atoms with Crippen LogP contribution >= 0.6 is 0 Å². The largest absolute Gasteiger partial charge is 0.330 e. The van der Waals surface area contributed by atoms with Crippen LogP contribution in [0.25, 0.3) is 0 Å². The van der Waals surface area contributed by atoms with E-state index in [1.54, 1.807) is 0 Å². The number of allylic oxidation sites excluding steroid dienone is 4. The maximum atomic E-state index is 5.47. The lowest BCUT2D eigenvalue weighted by Gasteiger charge is -2.02. The highest BCUT2D eigenvalue weighted by Crippen LogP contribution is 2.11. The fourth-order valence-electron chi connectivity index (χ4n) is 1.87. The van der Waals surface area contributed by atoms with Gasteiger partial charge in [-0.1, -0.05) is 50.8 Å². The second-order valence-corrected chi connectivity index (χ2v) is 4.63. The topological polar surface area (TPSA) is 38.4 Å². The Balaban J connectivity index is 3.71. The molecular weight excluding hydrogens is 220 g/mol. The minimum Gasteiger partial charge on any atom is -0.330 e. The van der Waals surface area contributed by atoms with E-state index >= 15 is 0 Å². The second-order valence-electron chi connectivity index (χ2n) is 4.63. The molecule has 2 nitrogen and oxygen atoms in total. The molecule has 0 amide bonds. The third-order valence-corrected chi connectivity index (χ3v) is 2.90. The third kappa shape index (κ3) is 11.6. The van der Waals surface area contributed by atoms with Crippen LogP contribution in [0.1, 0.15) is 58.3 Å². The highest BCUT2D eigenvalue weighted by atomic mass is 14.6. The molecule has 0 unspecified atom stereocenters. The summed E-state index contributed by atoms with van der Waals surface area (Å²) in [5, 5.41) is 0. The van der Waals surface area contributed by atoms with Crippen LogP contribution in [-0.2, 0) is 0 Å². The number of nitrogens with two attached hydrogens (primary N) is 1. The van der Waals surface area contributed by atoms with Gasteiger partial charge in [-0.25, -0.2) is 0 Å². The van der Waals surface area contributed by atoms with Crippen molar-refractivity contribution < 1.29 is 0 Å². The lowest BCUT2D eigenvalue weighted by Crippen LogP contribution is -1.97. The molecule has 0 aliphatic heterocycles. The first kappa shape index (κ1) is 17.1. The van der Waals surface area contributed by atoms with Crippen molar-refractivity contribution in [3.8, 4) is 0 Å². The van der Waals surface area contributed by atoms with E-state index in [0.717, 1.165) is 19.4 Å². The first-order valence-electron chi connectivity index (χ1n) is 7.33. The van der Waals surface area contributed by atoms with Gasteiger partial charge < -0.3 is 5.73 Å². The molecule has 0 saturated heterocycles. The summed E-state index contributed by atoms with van der Waals surface area (Å²) in [6, 6.07) is 0. The molecule has 0 spiro atoms. The molecule has 0 aromatic heterocycles. The molecule has 104 valence electrons. The first-order chi connectivity index (χ1) is 8.85. The highest BCUT2D eigenvalue weighted by molar-refractivity contribution is 5.78. The first-order valence-corrected chi connectivity index (χ1v) is 7.33. The summed E-state index contributed by atoms with van der Waals surface area (Å²) in [5.74, 6) is 0. The van der Waals surface area contributed by atoms with Crippen LogP contribution in [0.3, 0.4) is 0 Å². The zero-order valence-corrected chi connectivity index (χ0v) is 12.2. The molecule has 0 fully saturated rings. The van der Waals surface area contributed by atoms with Gasteiger partial charge in [0.05, 0.1) is 0 Å². The van der Waals surface area contributed by atoms with Crippen molar-refractivity contribution in [2.24, 2.45) is 10.7 Å². The summed E-state index contributed by atoms with van der Waals surface area (Å²) >= 11 is 0. The smallest absolute Gasteiger partial charge is 0.0277 e. The van der Waals surface area contributed by atoms with Crippen LogP contribution in [0.15, 0.2) is 28.8 Å². The number of hydrogen-bond donors (Lipinski definition) is 1. The van der Waals surface area contributed by atoms with Crippen molar-refractivity contribution >= 4 is 6.21 Å². The van der Waals surface area contributed by atoms with Crippen molar-refractivity contribution in [2.45, 2.75) is 58.3 Å². The normalized spacial score (nSPS) is 12.9. The van der Waals surface area contributed by atoms with Crippen LogP contribution in [0.2, 0.25) is 0 Å². The minimum absolute atomic E-state index is 0.837. The van der Waals surface area contributed by atoms with Crippen molar-refractivity contribution in [3.63, 3.8) is 0 Å². The van der Waals surface area contributed by atoms with E-state index in [9.17, 15) is 0 Å². The van der Waals surface area contributed by atoms with Gasteiger partial charge in [-0.2, -0.15) is 0 Å². The van der Waals surface area contributed by atoms with Gasteiger partial charge in [0.1, 0.15) is 0 Å². The van der Waals surface area contributed by atoms with Gasteiger partial charge in [0.25, 0.3) is 0 Å². The standard InChI is InChI=1S/C16H30N2/c1-3-4-9-12-16(15-18-2)13-10-7-5-6-8-11-14-17/h4,9,12,15H,3,5-8,10-11,13-14,17H2,1-2H3/b9-4+,16-12-,18-15?. The molecule has 0 rings (SSSR count). The third-order valence-electron chi connectivity index (χ3n) is 2.90. The summed E-state index contributed by atoms with van der Waals surface area (Å²) in [6.45, 7) is 2.99. The molecule has 0 aromatic carbocycles. The lowest BCUT2D eigenvalue weighted by atomic mass is 10.1. The number of rotatable bonds is 11. The number of aliphatic imine (C=N–C) groups is 1. The van der Waals surface area contributed by atoms with Crippen LogP contribution in [0.4, 0.5) is 0 Å². The summed E-state index contributed by atoms with van der Waals surface area (Å²) in [7, 11) is 1.84. The van der Waals surface area contributed by atoms with E-state index in [2.05, 4.69) is 30.1 Å². The SMILES string of the molecule is CC/C=C/C=C(\C=NC)CCCCCCCCN. The van der Waals surface area contributed by atoms with E-state index < -0.39 is 0 Å². The molecule has 0 atom stereocenters. The minimum atomic E-state index is 0.837. The molecule has 0 aliphatic carbocycles. The maximum Gasteiger partial charge on any atom is 0.0277 e. The number of nitrogens with zero attached hydrogens (tertiary/aromatic N) is 1. The molecule has 18 heavy (non-hydrogen) atoms. The van der Waals surface area contributed by atoms with Gasteiger partial charge in [0, 0.05) is 13.3 Å². The molecule has 0 aliphatic rings. The Morgan fingerprint density at radius 1 is 1.06 bits per heavy atom. The lowest BCUT2D eigenvalue weighted by molar-refractivity contribution is 0.599. The fraction of sp³-hybridized carbons (Fsp3) is 0.688. The van der Waals surface area contributed by atoms with Crippen molar-refractivity contribution in [2.75, 3.05) is 13.6 Å². The van der Waals surface area contributed by atoms with Gasteiger partial charge in [-0.15, -0.1) is 0 Å². The average Bonchev–Trinajstić information content (AvgIpc) is 2.38. The van der Waals surface area contributed by atoms with Gasteiger partial charge in [0.2, 0.25) is 0 Å². The van der Waals surface area contributed by atoms with Crippen molar-refractivity contribution in [1.29, 1.82) is 0 Å². The van der Waals surface area contributed by atoms with Crippen molar-refractivity contribution in [3.05, 3.63) is 23.8 Å². The van der Waals surface area contributed by atoms with E-state index in [-0.39, 0.29) is 0 Å². The summed E-state index contributed by atoms with van der Waals surface area (Å²) in [4.78, 5) is 4.11. The van der Waals surface area contributed by atoms with E-state index in [4.69, 9.17) is 5.73 Å². The average molecular weight is 250 g/mol. The summed E-state index contributed by atoms with van der Waals surface area (Å²) in [5.41, 5.74) is 6.81. The Morgan fingerprint density at radius 3 is 2.33 bits per heavy atom. The molecule has 0 bridgehead atoms. The zero-order chi connectivity index (χ0) is 13.5. The fourth-order valence-corrected chi connectivity index (χ4v) is 1.87. The van der Waals surface area contributed by atoms with Gasteiger partial charge in [-0.3, -0.25) is 4.99 Å². The van der Waals surface area contributed by atoms with E-state index in [1.165, 1.54) is 44.1 Å². The van der Waals surface area contributed by atoms with Crippen molar-refractivity contribution in [1.82, 2.24) is 0 Å². The Morgan fingerprint density at radius 2 is 1.72 bits per heavy atom. The van der Waals surface area contributed by atoms with E-state index in [1.807, 2.05) is 13.3 Å². The molecule has 0 radical (unpaired) electrons. The van der Waals surface area contributed by atoms with Gasteiger partial charge >= 0.3 is 0 Å². The molecule has 2 N–H and O–H groups in total. The Labute approximate surface area is 113 Å². The Bertz CT molecular complexity index is 252. The monoisotopic (exact) mass is 250 g/mol. The van der Waals surface area contributed by atoms with Gasteiger partial charge in [0.15, 0.2) is 0 Å². The highest BCUT2D eigenvalue weighted by Gasteiger charge is 1.94. The van der Waals surface area contributed by atoms with Crippen LogP contribution in [0, 0.1) is 0 Å². The Hall–Kier alpha value is -0.890. The maximum absolute atomic E-state index is 5.47. The molecule has 2 heteroatoms. The van der Waals surface area contributed by atoms with Gasteiger partial charge in [-0.05, 0) is 37.8 Å². The predicted octanol–water partition coefficient (Wildman–Crippen LogP) is 4.27. The van der Waals surface area contributed by atoms with Crippen LogP contribution in [-0.4, -0.2) is 19.8 Å². The summed E-state index contributed by atoms with van der Waals surface area (Å²) in [6.07, 6.45) is 18.4. The quantitative estimate of drug-likeness (QED) is 0.332. The number of unbranched alkanes of at least 4 members (excludes halogenated alkanes) is 5. The zero-order valence-electron chi connectivity index (χ0n) is 12.2. The Kier molecular flexibility index (Phi) is 13.5. The van der Waals surface area contributed by atoms with Crippen LogP contribution in [0.5, 0.6) is 0 Å². The predicted molar refractivity (Wildman–Crippen MR) is 83.3 cm³/mol. The second kappa shape index (κ2) is 14.2. The molecule has 0 aromatic rings. The van der Waals surface area contributed by atoms with Crippen LogP contribution < -0.4 is 5.73 Å². The number of hydrogen-bond acceptors (Lipinski definition) is 2. The summed E-state index contributed by atoms with van der Waals surface area (Å²) < 4.78 is 0.